The molecule has 2 heteroatoms. The van der Waals surface area contributed by atoms with Crippen LogP contribution in [-0.2, 0) is 13.0 Å². The van der Waals surface area contributed by atoms with Crippen LogP contribution >= 0.6 is 0 Å². The molecule has 2 aliphatic heterocycles. The number of piperidine rings is 1. The van der Waals surface area contributed by atoms with Crippen LogP contribution in [0.3, 0.4) is 0 Å². The molecule has 0 unspecified atom stereocenters. The van der Waals surface area contributed by atoms with E-state index < -0.39 is 0 Å². The minimum Gasteiger partial charge on any atom is -0.384 e. The number of hydrogen-bond acceptors (Lipinski definition) is 2. The molecule has 0 spiro atoms. The maximum Gasteiger partial charge on any atom is 0.0373 e. The van der Waals surface area contributed by atoms with Crippen LogP contribution in [0.5, 0.6) is 0 Å². The molecule has 0 aliphatic carbocycles. The highest BCUT2D eigenvalue weighted by molar-refractivity contribution is 5.56. The van der Waals surface area contributed by atoms with Crippen molar-refractivity contribution in [2.45, 2.75) is 52.5 Å². The molecular weight excluding hydrogens is 244 g/mol. The number of rotatable bonds is 4. The van der Waals surface area contributed by atoms with Crippen LogP contribution < -0.4 is 5.32 Å². The topological polar surface area (TPSA) is 15.3 Å². The van der Waals surface area contributed by atoms with E-state index in [1.807, 2.05) is 0 Å². The lowest BCUT2D eigenvalue weighted by Gasteiger charge is -2.41. The summed E-state index contributed by atoms with van der Waals surface area (Å²) in [7, 11) is 0. The fraction of sp³-hybridized carbons (Fsp3) is 0.667. The average molecular weight is 272 g/mol. The summed E-state index contributed by atoms with van der Waals surface area (Å²) in [6.07, 6.45) is 6.65. The first-order valence-corrected chi connectivity index (χ1v) is 8.33. The number of benzene rings is 1. The van der Waals surface area contributed by atoms with Gasteiger partial charge in [0, 0.05) is 18.8 Å². The Bertz CT molecular complexity index is 452. The van der Waals surface area contributed by atoms with E-state index in [1.54, 1.807) is 0 Å². The van der Waals surface area contributed by atoms with Gasteiger partial charge in [-0.15, -0.1) is 0 Å². The van der Waals surface area contributed by atoms with Gasteiger partial charge in [-0.2, -0.15) is 0 Å². The predicted octanol–water partition coefficient (Wildman–Crippen LogP) is 4.06. The molecule has 1 saturated heterocycles. The van der Waals surface area contributed by atoms with Gasteiger partial charge in [0.2, 0.25) is 0 Å². The molecule has 2 heterocycles. The second-order valence-corrected chi connectivity index (χ2v) is 6.65. The third kappa shape index (κ3) is 2.71. The Morgan fingerprint density at radius 1 is 1.15 bits per heavy atom. The zero-order valence-corrected chi connectivity index (χ0v) is 13.0. The number of nitrogens with one attached hydrogen (secondary N) is 1. The minimum atomic E-state index is 0.637. The Morgan fingerprint density at radius 2 is 1.90 bits per heavy atom. The summed E-state index contributed by atoms with van der Waals surface area (Å²) in [5.74, 6) is 0. The number of nitrogens with zero attached hydrogens (tertiary/aromatic N) is 1. The SMILES string of the molecule is CCC1(CC)CCN(Cc2ccc3c(c2)CCN3)CC1. The summed E-state index contributed by atoms with van der Waals surface area (Å²) in [5.41, 5.74) is 4.99. The molecule has 3 rings (SSSR count). The van der Waals surface area contributed by atoms with E-state index >= 15 is 0 Å². The van der Waals surface area contributed by atoms with Crippen LogP contribution in [-0.4, -0.2) is 24.5 Å². The van der Waals surface area contributed by atoms with Gasteiger partial charge in [-0.05, 0) is 55.0 Å². The first-order valence-electron chi connectivity index (χ1n) is 8.33. The largest absolute Gasteiger partial charge is 0.384 e. The Kier molecular flexibility index (Phi) is 4.02. The van der Waals surface area contributed by atoms with Crippen molar-refractivity contribution in [2.75, 3.05) is 25.0 Å². The minimum absolute atomic E-state index is 0.637. The van der Waals surface area contributed by atoms with Crippen molar-refractivity contribution in [1.82, 2.24) is 4.90 Å². The molecule has 20 heavy (non-hydrogen) atoms. The highest BCUT2D eigenvalue weighted by Gasteiger charge is 2.31. The standard InChI is InChI=1S/C18H28N2/c1-3-18(4-2)8-11-20(12-9-18)14-15-5-6-17-16(13-15)7-10-19-17/h5-6,13,19H,3-4,7-12,14H2,1-2H3. The maximum absolute atomic E-state index is 3.44. The summed E-state index contributed by atoms with van der Waals surface area (Å²) in [5, 5.41) is 3.44. The van der Waals surface area contributed by atoms with Crippen molar-refractivity contribution in [3.05, 3.63) is 29.3 Å². The normalized spacial score (nSPS) is 21.5. The Hall–Kier alpha value is -1.02. The molecule has 2 aliphatic rings. The van der Waals surface area contributed by atoms with Gasteiger partial charge in [-0.25, -0.2) is 0 Å². The van der Waals surface area contributed by atoms with E-state index in [9.17, 15) is 0 Å². The van der Waals surface area contributed by atoms with Crippen molar-refractivity contribution < 1.29 is 0 Å². The molecule has 0 radical (unpaired) electrons. The van der Waals surface area contributed by atoms with Crippen LogP contribution in [0.2, 0.25) is 0 Å². The smallest absolute Gasteiger partial charge is 0.0373 e. The van der Waals surface area contributed by atoms with Gasteiger partial charge in [0.05, 0.1) is 0 Å². The monoisotopic (exact) mass is 272 g/mol. The zero-order chi connectivity index (χ0) is 14.0. The first kappa shape index (κ1) is 13.9. The molecule has 1 N–H and O–H groups in total. The van der Waals surface area contributed by atoms with Gasteiger partial charge in [0.25, 0.3) is 0 Å². The van der Waals surface area contributed by atoms with Gasteiger partial charge in [-0.3, -0.25) is 4.90 Å². The van der Waals surface area contributed by atoms with Gasteiger partial charge in [-0.1, -0.05) is 38.8 Å². The number of fused-ring (bicyclic) bond motifs is 1. The lowest BCUT2D eigenvalue weighted by atomic mass is 9.74. The third-order valence-corrected chi connectivity index (χ3v) is 5.70. The van der Waals surface area contributed by atoms with E-state index in [-0.39, 0.29) is 0 Å². The van der Waals surface area contributed by atoms with Crippen molar-refractivity contribution in [2.24, 2.45) is 5.41 Å². The van der Waals surface area contributed by atoms with E-state index in [4.69, 9.17) is 0 Å². The molecule has 1 aromatic rings. The first-order chi connectivity index (χ1) is 9.74. The molecule has 110 valence electrons. The third-order valence-electron chi connectivity index (χ3n) is 5.70. The maximum atomic E-state index is 3.44. The molecule has 0 atom stereocenters. The summed E-state index contributed by atoms with van der Waals surface area (Å²) in [4.78, 5) is 2.65. The molecule has 0 amide bonds. The van der Waals surface area contributed by atoms with Gasteiger partial charge < -0.3 is 5.32 Å². The number of hydrogen-bond donors (Lipinski definition) is 1. The van der Waals surface area contributed by atoms with Gasteiger partial charge >= 0.3 is 0 Å². The molecule has 0 aromatic heterocycles. The molecule has 0 bridgehead atoms. The molecule has 0 saturated carbocycles. The summed E-state index contributed by atoms with van der Waals surface area (Å²) < 4.78 is 0. The van der Waals surface area contributed by atoms with E-state index in [1.165, 1.54) is 62.0 Å². The second-order valence-electron chi connectivity index (χ2n) is 6.65. The van der Waals surface area contributed by atoms with Crippen molar-refractivity contribution in [3.8, 4) is 0 Å². The fourth-order valence-corrected chi connectivity index (χ4v) is 3.86. The average Bonchev–Trinajstić information content (AvgIpc) is 2.96. The summed E-state index contributed by atoms with van der Waals surface area (Å²) in [6.45, 7) is 9.53. The fourth-order valence-electron chi connectivity index (χ4n) is 3.86. The van der Waals surface area contributed by atoms with Crippen molar-refractivity contribution >= 4 is 5.69 Å². The quantitative estimate of drug-likeness (QED) is 0.889. The van der Waals surface area contributed by atoms with Gasteiger partial charge in [0.1, 0.15) is 0 Å². The molecular formula is C18H28N2. The summed E-state index contributed by atoms with van der Waals surface area (Å²) in [6, 6.07) is 6.99. The molecule has 1 fully saturated rings. The van der Waals surface area contributed by atoms with Crippen LogP contribution in [0.25, 0.3) is 0 Å². The van der Waals surface area contributed by atoms with Crippen molar-refractivity contribution in [1.29, 1.82) is 0 Å². The predicted molar refractivity (Wildman–Crippen MR) is 86.2 cm³/mol. The van der Waals surface area contributed by atoms with Gasteiger partial charge in [0.15, 0.2) is 0 Å². The Labute approximate surface area is 123 Å². The lowest BCUT2D eigenvalue weighted by Crippen LogP contribution is -2.39. The Morgan fingerprint density at radius 3 is 2.60 bits per heavy atom. The van der Waals surface area contributed by atoms with E-state index in [0.29, 0.717) is 5.41 Å². The van der Waals surface area contributed by atoms with Crippen molar-refractivity contribution in [3.63, 3.8) is 0 Å². The highest BCUT2D eigenvalue weighted by Crippen LogP contribution is 2.38. The Balaban J connectivity index is 1.60. The second kappa shape index (κ2) is 5.77. The van der Waals surface area contributed by atoms with Crippen LogP contribution in [0.1, 0.15) is 50.7 Å². The highest BCUT2D eigenvalue weighted by atomic mass is 15.1. The zero-order valence-electron chi connectivity index (χ0n) is 13.0. The molecule has 1 aromatic carbocycles. The summed E-state index contributed by atoms with van der Waals surface area (Å²) >= 11 is 0. The van der Waals surface area contributed by atoms with Crippen LogP contribution in [0.4, 0.5) is 5.69 Å². The number of likely N-dealkylation sites (tertiary alicyclic amines) is 1. The molecule has 2 nitrogen and oxygen atoms in total. The number of anilines is 1. The van der Waals surface area contributed by atoms with Crippen LogP contribution in [0.15, 0.2) is 18.2 Å². The van der Waals surface area contributed by atoms with E-state index in [0.717, 1.165) is 13.1 Å². The lowest BCUT2D eigenvalue weighted by molar-refractivity contribution is 0.0909. The van der Waals surface area contributed by atoms with E-state index in [2.05, 4.69) is 42.3 Å². The van der Waals surface area contributed by atoms with Crippen LogP contribution in [0, 0.1) is 5.41 Å².